The van der Waals surface area contributed by atoms with Crippen LogP contribution in [0.15, 0.2) is 30.3 Å². The van der Waals surface area contributed by atoms with E-state index >= 15 is 0 Å². The van der Waals surface area contributed by atoms with E-state index in [1.807, 2.05) is 25.1 Å². The summed E-state index contributed by atoms with van der Waals surface area (Å²) < 4.78 is 0. The molecule has 0 unspecified atom stereocenters. The number of hydrogen-bond donors (Lipinski definition) is 2. The Bertz CT molecular complexity index is 311. The lowest BCUT2D eigenvalue weighted by Crippen LogP contribution is -2.41. The Balaban J connectivity index is 2.23. The molecule has 0 radical (unpaired) electrons. The molecular weight excluding hydrogens is 200 g/mol. The maximum Gasteiger partial charge on any atom is 0.236 e. The molecule has 0 aromatic heterocycles. The van der Waals surface area contributed by atoms with Crippen molar-refractivity contribution in [2.24, 2.45) is 5.73 Å². The van der Waals surface area contributed by atoms with Gasteiger partial charge in [-0.05, 0) is 18.4 Å². The van der Waals surface area contributed by atoms with Crippen LogP contribution < -0.4 is 11.1 Å². The Labute approximate surface area is 97.0 Å². The van der Waals surface area contributed by atoms with Crippen molar-refractivity contribution in [2.75, 3.05) is 6.54 Å². The number of rotatable bonds is 6. The van der Waals surface area contributed by atoms with Gasteiger partial charge in [-0.15, -0.1) is 0 Å². The van der Waals surface area contributed by atoms with Crippen molar-refractivity contribution < 1.29 is 4.79 Å². The number of nitrogens with two attached hydrogens (primary N) is 1. The van der Waals surface area contributed by atoms with Crippen LogP contribution in [0.2, 0.25) is 0 Å². The Kier molecular flexibility index (Phi) is 5.57. The average Bonchev–Trinajstić information content (AvgIpc) is 2.30. The van der Waals surface area contributed by atoms with Crippen molar-refractivity contribution in [3.8, 4) is 0 Å². The van der Waals surface area contributed by atoms with Gasteiger partial charge < -0.3 is 11.1 Å². The van der Waals surface area contributed by atoms with Gasteiger partial charge in [0.25, 0.3) is 0 Å². The van der Waals surface area contributed by atoms with Crippen LogP contribution in [-0.4, -0.2) is 18.5 Å². The topological polar surface area (TPSA) is 55.1 Å². The summed E-state index contributed by atoms with van der Waals surface area (Å²) in [5.74, 6) is -0.0437. The fourth-order valence-corrected chi connectivity index (χ4v) is 1.55. The van der Waals surface area contributed by atoms with Gasteiger partial charge in [-0.3, -0.25) is 4.79 Å². The molecular formula is C13H20N2O. The first kappa shape index (κ1) is 12.7. The second-order valence-corrected chi connectivity index (χ2v) is 3.92. The lowest BCUT2D eigenvalue weighted by Gasteiger charge is -2.10. The fraction of sp³-hybridized carbons (Fsp3) is 0.462. The number of carbonyl (C=O) groups is 1. The van der Waals surface area contributed by atoms with Gasteiger partial charge in [0, 0.05) is 6.54 Å². The van der Waals surface area contributed by atoms with E-state index in [0.29, 0.717) is 6.54 Å². The molecule has 0 fully saturated rings. The number of amides is 1. The van der Waals surface area contributed by atoms with E-state index in [1.54, 1.807) is 0 Å². The zero-order valence-electron chi connectivity index (χ0n) is 9.78. The quantitative estimate of drug-likeness (QED) is 0.763. The van der Waals surface area contributed by atoms with E-state index < -0.39 is 0 Å². The monoisotopic (exact) mass is 220 g/mol. The Morgan fingerprint density at radius 2 is 2.06 bits per heavy atom. The zero-order chi connectivity index (χ0) is 11.8. The van der Waals surface area contributed by atoms with Gasteiger partial charge in [-0.1, -0.05) is 43.7 Å². The summed E-state index contributed by atoms with van der Waals surface area (Å²) >= 11 is 0. The third kappa shape index (κ3) is 4.45. The highest BCUT2D eigenvalue weighted by Gasteiger charge is 2.10. The summed E-state index contributed by atoms with van der Waals surface area (Å²) in [6.45, 7) is 2.68. The predicted octanol–water partition coefficient (Wildman–Crippen LogP) is 1.47. The zero-order valence-corrected chi connectivity index (χ0v) is 9.78. The summed E-state index contributed by atoms with van der Waals surface area (Å²) in [7, 11) is 0. The molecule has 1 atom stereocenters. The van der Waals surface area contributed by atoms with E-state index in [0.717, 1.165) is 19.3 Å². The van der Waals surface area contributed by atoms with Crippen LogP contribution in [0.1, 0.15) is 25.3 Å². The third-order valence-corrected chi connectivity index (χ3v) is 2.49. The Morgan fingerprint density at radius 3 is 2.69 bits per heavy atom. The van der Waals surface area contributed by atoms with Gasteiger partial charge in [-0.2, -0.15) is 0 Å². The number of nitrogens with one attached hydrogen (secondary N) is 1. The largest absolute Gasteiger partial charge is 0.354 e. The second-order valence-electron chi connectivity index (χ2n) is 3.92. The molecule has 88 valence electrons. The van der Waals surface area contributed by atoms with Crippen molar-refractivity contribution in [2.45, 2.75) is 32.2 Å². The molecule has 0 aliphatic heterocycles. The third-order valence-electron chi connectivity index (χ3n) is 2.49. The Hall–Kier alpha value is -1.35. The summed E-state index contributed by atoms with van der Waals surface area (Å²) in [6, 6.07) is 9.73. The molecule has 0 aliphatic carbocycles. The molecule has 0 saturated heterocycles. The minimum Gasteiger partial charge on any atom is -0.354 e. The van der Waals surface area contributed by atoms with E-state index in [-0.39, 0.29) is 11.9 Å². The lowest BCUT2D eigenvalue weighted by molar-refractivity contribution is -0.122. The van der Waals surface area contributed by atoms with Crippen LogP contribution in [0.5, 0.6) is 0 Å². The molecule has 3 N–H and O–H groups in total. The first-order valence-electron chi connectivity index (χ1n) is 5.81. The number of carbonyl (C=O) groups excluding carboxylic acids is 1. The molecule has 0 aliphatic rings. The van der Waals surface area contributed by atoms with Crippen LogP contribution in [0.3, 0.4) is 0 Å². The smallest absolute Gasteiger partial charge is 0.236 e. The maximum atomic E-state index is 11.5. The predicted molar refractivity (Wildman–Crippen MR) is 66.0 cm³/mol. The van der Waals surface area contributed by atoms with Gasteiger partial charge in [0.1, 0.15) is 0 Å². The van der Waals surface area contributed by atoms with Gasteiger partial charge in [0.2, 0.25) is 5.91 Å². The lowest BCUT2D eigenvalue weighted by atomic mass is 10.1. The van der Waals surface area contributed by atoms with Crippen LogP contribution in [0, 0.1) is 0 Å². The van der Waals surface area contributed by atoms with Crippen LogP contribution in [0.4, 0.5) is 0 Å². The molecule has 0 spiro atoms. The summed E-state index contributed by atoms with van der Waals surface area (Å²) in [5, 5.41) is 2.85. The van der Waals surface area contributed by atoms with Gasteiger partial charge in [0.15, 0.2) is 0 Å². The minimum atomic E-state index is -0.360. The summed E-state index contributed by atoms with van der Waals surface area (Å²) in [4.78, 5) is 11.5. The maximum absolute atomic E-state index is 11.5. The average molecular weight is 220 g/mol. The molecule has 1 rings (SSSR count). The minimum absolute atomic E-state index is 0.0437. The Morgan fingerprint density at radius 1 is 1.38 bits per heavy atom. The number of hydrogen-bond acceptors (Lipinski definition) is 2. The van der Waals surface area contributed by atoms with E-state index in [1.165, 1.54) is 5.56 Å². The van der Waals surface area contributed by atoms with Crippen molar-refractivity contribution in [3.05, 3.63) is 35.9 Å². The normalized spacial score (nSPS) is 12.1. The summed E-state index contributed by atoms with van der Waals surface area (Å²) in [6.07, 6.45) is 2.54. The first-order chi connectivity index (χ1) is 7.74. The fourth-order valence-electron chi connectivity index (χ4n) is 1.55. The highest BCUT2D eigenvalue weighted by atomic mass is 16.2. The molecule has 0 heterocycles. The molecule has 1 aromatic rings. The second kappa shape index (κ2) is 7.01. The molecule has 3 nitrogen and oxygen atoms in total. The molecule has 3 heteroatoms. The molecule has 16 heavy (non-hydrogen) atoms. The first-order valence-corrected chi connectivity index (χ1v) is 5.81. The van der Waals surface area contributed by atoms with Gasteiger partial charge in [-0.25, -0.2) is 0 Å². The SMILES string of the molecule is CCC[C@H](N)C(=O)NCCc1ccccc1. The van der Waals surface area contributed by atoms with Crippen LogP contribution in [0.25, 0.3) is 0 Å². The highest BCUT2D eigenvalue weighted by molar-refractivity contribution is 5.81. The van der Waals surface area contributed by atoms with Crippen molar-refractivity contribution >= 4 is 5.91 Å². The molecule has 0 saturated carbocycles. The van der Waals surface area contributed by atoms with Crippen molar-refractivity contribution in [3.63, 3.8) is 0 Å². The van der Waals surface area contributed by atoms with E-state index in [9.17, 15) is 4.79 Å². The number of benzene rings is 1. The van der Waals surface area contributed by atoms with Crippen LogP contribution >= 0.6 is 0 Å². The van der Waals surface area contributed by atoms with Crippen molar-refractivity contribution in [1.29, 1.82) is 0 Å². The summed E-state index contributed by atoms with van der Waals surface area (Å²) in [5.41, 5.74) is 6.92. The standard InChI is InChI=1S/C13H20N2O/c1-2-6-12(14)13(16)15-10-9-11-7-4-3-5-8-11/h3-5,7-8,12H,2,6,9-10,14H2,1H3,(H,15,16)/t12-/m0/s1. The van der Waals surface area contributed by atoms with Crippen molar-refractivity contribution in [1.82, 2.24) is 5.32 Å². The van der Waals surface area contributed by atoms with Gasteiger partial charge in [0.05, 0.1) is 6.04 Å². The van der Waals surface area contributed by atoms with E-state index in [4.69, 9.17) is 5.73 Å². The molecule has 1 amide bonds. The van der Waals surface area contributed by atoms with Crippen LogP contribution in [-0.2, 0) is 11.2 Å². The molecule has 1 aromatic carbocycles. The highest BCUT2D eigenvalue weighted by Crippen LogP contribution is 1.98. The molecule has 0 bridgehead atoms. The van der Waals surface area contributed by atoms with E-state index in [2.05, 4.69) is 17.4 Å². The van der Waals surface area contributed by atoms with Gasteiger partial charge >= 0.3 is 0 Å².